The van der Waals surface area contributed by atoms with Crippen LogP contribution in [0.15, 0.2) is 71.9 Å². The van der Waals surface area contributed by atoms with Gasteiger partial charge in [0.05, 0.1) is 27.1 Å². The summed E-state index contributed by atoms with van der Waals surface area (Å²) in [5.41, 5.74) is 1.27. The lowest BCUT2D eigenvalue weighted by molar-refractivity contribution is -0.113. The minimum atomic E-state index is -0.214. The van der Waals surface area contributed by atoms with Crippen molar-refractivity contribution in [3.63, 3.8) is 0 Å². The zero-order valence-electron chi connectivity index (χ0n) is 19.9. The smallest absolute Gasteiger partial charge is 0.234 e. The molecule has 3 aromatic carbocycles. The van der Waals surface area contributed by atoms with Crippen molar-refractivity contribution in [2.75, 3.05) is 38.2 Å². The first-order valence-electron chi connectivity index (χ1n) is 10.8. The van der Waals surface area contributed by atoms with Crippen LogP contribution in [0.1, 0.15) is 0 Å². The van der Waals surface area contributed by atoms with Gasteiger partial charge in [0, 0.05) is 11.3 Å². The predicted molar refractivity (Wildman–Crippen MR) is 138 cm³/mol. The van der Waals surface area contributed by atoms with Gasteiger partial charge in [-0.2, -0.15) is 0 Å². The third-order valence-electron chi connectivity index (χ3n) is 5.04. The highest BCUT2D eigenvalue weighted by Crippen LogP contribution is 2.41. The molecule has 10 nitrogen and oxygen atoms in total. The Balaban J connectivity index is 1.38. The molecule has 1 heterocycles. The molecule has 1 aromatic heterocycles. The standard InChI is InChI=1S/C25H25N5O5S/c1-32-20-13-16(14-21(33-2)23(20)34-3)24-28-29-25(30(24)26)36-15-22(31)27-17-9-11-19(12-10-17)35-18-7-5-4-6-8-18/h4-14H,15,26H2,1-3H3,(H,27,31). The van der Waals surface area contributed by atoms with E-state index in [1.165, 1.54) is 26.0 Å². The predicted octanol–water partition coefficient (Wildman–Crippen LogP) is 4.21. The summed E-state index contributed by atoms with van der Waals surface area (Å²) in [4.78, 5) is 12.5. The van der Waals surface area contributed by atoms with Crippen molar-refractivity contribution in [1.82, 2.24) is 14.9 Å². The maximum Gasteiger partial charge on any atom is 0.234 e. The third-order valence-corrected chi connectivity index (χ3v) is 5.98. The summed E-state index contributed by atoms with van der Waals surface area (Å²) in [5.74, 6) is 9.27. The van der Waals surface area contributed by atoms with Gasteiger partial charge in [-0.1, -0.05) is 30.0 Å². The number of benzene rings is 3. The first-order chi connectivity index (χ1) is 17.5. The Kier molecular flexibility index (Phi) is 7.81. The molecule has 186 valence electrons. The number of methoxy groups -OCH3 is 3. The van der Waals surface area contributed by atoms with Crippen LogP contribution in [0, 0.1) is 0 Å². The van der Waals surface area contributed by atoms with E-state index in [2.05, 4.69) is 15.5 Å². The molecule has 0 unspecified atom stereocenters. The maximum absolute atomic E-state index is 12.5. The number of ether oxygens (including phenoxy) is 4. The molecule has 11 heteroatoms. The van der Waals surface area contributed by atoms with Crippen molar-refractivity contribution in [2.45, 2.75) is 5.16 Å². The van der Waals surface area contributed by atoms with Gasteiger partial charge in [0.15, 0.2) is 17.3 Å². The van der Waals surface area contributed by atoms with Gasteiger partial charge >= 0.3 is 0 Å². The number of thioether (sulfide) groups is 1. The number of carbonyl (C=O) groups is 1. The van der Waals surface area contributed by atoms with E-state index in [9.17, 15) is 4.79 Å². The molecule has 0 fully saturated rings. The number of nitrogen functional groups attached to an aromatic ring is 1. The Morgan fingerprint density at radius 1 is 0.917 bits per heavy atom. The number of nitrogens with zero attached hydrogens (tertiary/aromatic N) is 3. The van der Waals surface area contributed by atoms with Crippen molar-refractivity contribution in [3.8, 4) is 40.1 Å². The van der Waals surface area contributed by atoms with Gasteiger partial charge in [-0.05, 0) is 48.5 Å². The molecule has 0 aliphatic heterocycles. The quantitative estimate of drug-likeness (QED) is 0.240. The summed E-state index contributed by atoms with van der Waals surface area (Å²) in [6.07, 6.45) is 0. The minimum absolute atomic E-state index is 0.0901. The van der Waals surface area contributed by atoms with Crippen molar-refractivity contribution in [3.05, 3.63) is 66.7 Å². The lowest BCUT2D eigenvalue weighted by Gasteiger charge is -2.13. The largest absolute Gasteiger partial charge is 0.493 e. The number of para-hydroxylation sites is 1. The highest BCUT2D eigenvalue weighted by molar-refractivity contribution is 7.99. The Hall–Kier alpha value is -4.38. The summed E-state index contributed by atoms with van der Waals surface area (Å²) in [6.45, 7) is 0. The number of anilines is 1. The van der Waals surface area contributed by atoms with Crippen LogP contribution in [-0.4, -0.2) is 47.9 Å². The first-order valence-corrected chi connectivity index (χ1v) is 11.8. The molecule has 0 aliphatic carbocycles. The van der Waals surface area contributed by atoms with Crippen LogP contribution in [0.25, 0.3) is 11.4 Å². The van der Waals surface area contributed by atoms with Gasteiger partial charge in [-0.25, -0.2) is 4.68 Å². The molecular formula is C25H25N5O5S. The van der Waals surface area contributed by atoms with Gasteiger partial charge in [-0.3, -0.25) is 4.79 Å². The third kappa shape index (κ3) is 5.63. The second-order valence-electron chi connectivity index (χ2n) is 7.37. The molecule has 0 saturated heterocycles. The molecule has 4 aromatic rings. The molecule has 4 rings (SSSR count). The molecule has 0 saturated carbocycles. The molecule has 3 N–H and O–H groups in total. The Bertz CT molecular complexity index is 1300. The molecular weight excluding hydrogens is 482 g/mol. The summed E-state index contributed by atoms with van der Waals surface area (Å²) in [7, 11) is 4.58. The zero-order valence-corrected chi connectivity index (χ0v) is 20.7. The Labute approximate surface area is 212 Å². The monoisotopic (exact) mass is 507 g/mol. The van der Waals surface area contributed by atoms with Gasteiger partial charge in [0.25, 0.3) is 0 Å². The van der Waals surface area contributed by atoms with Crippen LogP contribution < -0.4 is 30.1 Å². The van der Waals surface area contributed by atoms with Crippen LogP contribution in [-0.2, 0) is 4.79 Å². The number of rotatable bonds is 10. The van der Waals surface area contributed by atoms with E-state index >= 15 is 0 Å². The molecule has 0 atom stereocenters. The van der Waals surface area contributed by atoms with E-state index in [-0.39, 0.29) is 11.7 Å². The van der Waals surface area contributed by atoms with Gasteiger partial charge in [0.2, 0.25) is 16.8 Å². The van der Waals surface area contributed by atoms with Crippen LogP contribution in [0.3, 0.4) is 0 Å². The summed E-state index contributed by atoms with van der Waals surface area (Å²) in [5, 5.41) is 11.5. The fraction of sp³-hybridized carbons (Fsp3) is 0.160. The van der Waals surface area contributed by atoms with Crippen molar-refractivity contribution in [1.29, 1.82) is 0 Å². The number of nitrogens with one attached hydrogen (secondary N) is 1. The lowest BCUT2D eigenvalue weighted by atomic mass is 10.1. The van der Waals surface area contributed by atoms with Crippen LogP contribution in [0.5, 0.6) is 28.7 Å². The molecule has 0 bridgehead atoms. The van der Waals surface area contributed by atoms with E-state index in [0.717, 1.165) is 17.5 Å². The van der Waals surface area contributed by atoms with Gasteiger partial charge in [-0.15, -0.1) is 10.2 Å². The van der Waals surface area contributed by atoms with E-state index in [0.29, 0.717) is 45.2 Å². The van der Waals surface area contributed by atoms with E-state index < -0.39 is 0 Å². The van der Waals surface area contributed by atoms with E-state index in [1.807, 2.05) is 30.3 Å². The fourth-order valence-corrected chi connectivity index (χ4v) is 4.00. The molecule has 36 heavy (non-hydrogen) atoms. The van der Waals surface area contributed by atoms with Crippen LogP contribution in [0.4, 0.5) is 5.69 Å². The second kappa shape index (κ2) is 11.4. The van der Waals surface area contributed by atoms with E-state index in [1.54, 1.807) is 36.4 Å². The summed E-state index contributed by atoms with van der Waals surface area (Å²) >= 11 is 1.16. The number of amides is 1. The number of nitrogens with two attached hydrogens (primary N) is 1. The average Bonchev–Trinajstić information content (AvgIpc) is 3.28. The highest BCUT2D eigenvalue weighted by Gasteiger charge is 2.19. The Morgan fingerprint density at radius 2 is 1.56 bits per heavy atom. The summed E-state index contributed by atoms with van der Waals surface area (Å²) < 4.78 is 23.2. The first kappa shape index (κ1) is 24.7. The number of carbonyl (C=O) groups excluding carboxylic acids is 1. The number of aromatic nitrogens is 3. The lowest BCUT2D eigenvalue weighted by Crippen LogP contribution is -2.16. The Morgan fingerprint density at radius 3 is 2.17 bits per heavy atom. The maximum atomic E-state index is 12.5. The normalized spacial score (nSPS) is 10.5. The van der Waals surface area contributed by atoms with Crippen molar-refractivity contribution >= 4 is 23.4 Å². The topological polar surface area (TPSA) is 123 Å². The van der Waals surface area contributed by atoms with Crippen molar-refractivity contribution < 1.29 is 23.7 Å². The van der Waals surface area contributed by atoms with Crippen molar-refractivity contribution in [2.24, 2.45) is 0 Å². The molecule has 0 spiro atoms. The SMILES string of the molecule is COc1cc(-c2nnc(SCC(=O)Nc3ccc(Oc4ccccc4)cc3)n2N)cc(OC)c1OC. The number of hydrogen-bond acceptors (Lipinski definition) is 9. The summed E-state index contributed by atoms with van der Waals surface area (Å²) in [6, 6.07) is 20.0. The zero-order chi connectivity index (χ0) is 25.5. The average molecular weight is 508 g/mol. The minimum Gasteiger partial charge on any atom is -0.493 e. The molecule has 1 amide bonds. The molecule has 0 radical (unpaired) electrons. The van der Waals surface area contributed by atoms with E-state index in [4.69, 9.17) is 24.8 Å². The number of hydrogen-bond donors (Lipinski definition) is 2. The molecule has 0 aliphatic rings. The second-order valence-corrected chi connectivity index (χ2v) is 8.31. The van der Waals surface area contributed by atoms with Gasteiger partial charge in [0.1, 0.15) is 11.5 Å². The van der Waals surface area contributed by atoms with Crippen LogP contribution >= 0.6 is 11.8 Å². The van der Waals surface area contributed by atoms with Crippen LogP contribution in [0.2, 0.25) is 0 Å². The van der Waals surface area contributed by atoms with Gasteiger partial charge < -0.3 is 30.1 Å². The highest BCUT2D eigenvalue weighted by atomic mass is 32.2. The fourth-order valence-electron chi connectivity index (χ4n) is 3.34.